The maximum Gasteiger partial charge on any atom is 0.433 e. The first-order valence-electron chi connectivity index (χ1n) is 11.7. The summed E-state index contributed by atoms with van der Waals surface area (Å²) in [5.41, 5.74) is 0.545. The van der Waals surface area contributed by atoms with E-state index < -0.39 is 29.4 Å². The van der Waals surface area contributed by atoms with Gasteiger partial charge in [0.05, 0.1) is 46.9 Å². The lowest BCUT2D eigenvalue weighted by atomic mass is 10.1. The summed E-state index contributed by atoms with van der Waals surface area (Å²) in [6.45, 7) is 3.57. The fraction of sp³-hybridized carbons (Fsp3) is 0.192. The van der Waals surface area contributed by atoms with Crippen LogP contribution in [0.2, 0.25) is 5.02 Å². The molecule has 0 aliphatic rings. The Bertz CT molecular complexity index is 1760. The van der Waals surface area contributed by atoms with Gasteiger partial charge in [0.25, 0.3) is 5.91 Å². The Hall–Kier alpha value is -4.23. The molecule has 0 radical (unpaired) electrons. The number of anilines is 1. The molecule has 0 aliphatic heterocycles. The molecular weight excluding hydrogens is 569 g/mol. The number of thiophene rings is 1. The summed E-state index contributed by atoms with van der Waals surface area (Å²) < 4.78 is 48.8. The summed E-state index contributed by atoms with van der Waals surface area (Å²) in [5.74, 6) is -1.33. The Labute approximate surface area is 234 Å². The number of nitrogens with zero attached hydrogens (tertiary/aromatic N) is 5. The van der Waals surface area contributed by atoms with E-state index in [4.69, 9.17) is 16.3 Å². The molecule has 4 heterocycles. The number of fused-ring (bicyclic) bond motifs is 1. The first-order chi connectivity index (χ1) is 19.0. The average Bonchev–Trinajstić information content (AvgIpc) is 3.63. The molecule has 4 aromatic heterocycles. The van der Waals surface area contributed by atoms with Crippen LogP contribution < -0.4 is 5.32 Å². The fourth-order valence-electron chi connectivity index (χ4n) is 4.22. The lowest BCUT2D eigenvalue weighted by Crippen LogP contribution is -2.16. The molecule has 0 bridgehead atoms. The Kier molecular flexibility index (Phi) is 7.10. The number of nitrogens with one attached hydrogen (secondary N) is 1. The second-order valence-corrected chi connectivity index (χ2v) is 10.0. The smallest absolute Gasteiger partial charge is 0.433 e. The molecule has 1 amide bonds. The zero-order valence-corrected chi connectivity index (χ0v) is 22.8. The average molecular weight is 589 g/mol. The lowest BCUT2D eigenvalue weighted by molar-refractivity contribution is -0.142. The van der Waals surface area contributed by atoms with Crippen LogP contribution >= 0.6 is 22.9 Å². The van der Waals surface area contributed by atoms with Crippen molar-refractivity contribution in [2.45, 2.75) is 26.6 Å². The van der Waals surface area contributed by atoms with Gasteiger partial charge in [-0.2, -0.15) is 23.4 Å². The number of esters is 1. The Morgan fingerprint density at radius 3 is 2.55 bits per heavy atom. The van der Waals surface area contributed by atoms with Crippen molar-refractivity contribution in [3.8, 4) is 10.6 Å². The third-order valence-corrected chi connectivity index (χ3v) is 7.42. The second kappa shape index (κ2) is 10.4. The van der Waals surface area contributed by atoms with E-state index in [0.717, 1.165) is 6.07 Å². The number of halogens is 4. The van der Waals surface area contributed by atoms with Crippen LogP contribution in [0.5, 0.6) is 0 Å². The van der Waals surface area contributed by atoms with Gasteiger partial charge in [0, 0.05) is 0 Å². The Morgan fingerprint density at radius 2 is 1.88 bits per heavy atom. The van der Waals surface area contributed by atoms with Crippen molar-refractivity contribution >= 4 is 46.1 Å². The zero-order valence-electron chi connectivity index (χ0n) is 21.2. The SMILES string of the molecule is COC(=O)c1ccccc1Cn1nc(C)c(NC(=O)c2nn3c(C(F)(F)F)cc(-c4cccs4)nc3c2Cl)c1C. The molecule has 0 saturated heterocycles. The van der Waals surface area contributed by atoms with Gasteiger partial charge in [-0.15, -0.1) is 11.3 Å². The summed E-state index contributed by atoms with van der Waals surface area (Å²) in [6.07, 6.45) is -4.79. The number of carbonyl (C=O) groups excluding carboxylic acids is 2. The normalized spacial score (nSPS) is 11.7. The molecule has 0 fully saturated rings. The molecule has 14 heteroatoms. The highest BCUT2D eigenvalue weighted by Gasteiger charge is 2.37. The van der Waals surface area contributed by atoms with E-state index in [1.165, 1.54) is 18.4 Å². The largest absolute Gasteiger partial charge is 0.465 e. The quantitative estimate of drug-likeness (QED) is 0.243. The van der Waals surface area contributed by atoms with Crippen molar-refractivity contribution in [3.05, 3.63) is 86.8 Å². The van der Waals surface area contributed by atoms with E-state index in [1.807, 2.05) is 0 Å². The number of alkyl halides is 3. The Balaban J connectivity index is 1.50. The molecule has 5 rings (SSSR count). The molecule has 1 aromatic carbocycles. The summed E-state index contributed by atoms with van der Waals surface area (Å²) >= 11 is 7.61. The first-order valence-corrected chi connectivity index (χ1v) is 13.0. The van der Waals surface area contributed by atoms with Crippen molar-refractivity contribution in [1.29, 1.82) is 0 Å². The van der Waals surface area contributed by atoms with E-state index in [-0.39, 0.29) is 22.9 Å². The molecule has 0 unspecified atom stereocenters. The van der Waals surface area contributed by atoms with Crippen LogP contribution in [0.1, 0.15) is 43.5 Å². The van der Waals surface area contributed by atoms with Gasteiger partial charge in [-0.3, -0.25) is 9.48 Å². The van der Waals surface area contributed by atoms with Crippen molar-refractivity contribution in [1.82, 2.24) is 24.4 Å². The van der Waals surface area contributed by atoms with Crippen LogP contribution in [0.3, 0.4) is 0 Å². The molecule has 5 aromatic rings. The molecule has 0 atom stereocenters. The van der Waals surface area contributed by atoms with Gasteiger partial charge >= 0.3 is 12.1 Å². The van der Waals surface area contributed by atoms with E-state index >= 15 is 0 Å². The molecule has 9 nitrogen and oxygen atoms in total. The number of aromatic nitrogens is 5. The summed E-state index contributed by atoms with van der Waals surface area (Å²) in [5, 5.41) is 12.4. The first kappa shape index (κ1) is 27.3. The van der Waals surface area contributed by atoms with Gasteiger partial charge in [0.2, 0.25) is 0 Å². The maximum absolute atomic E-state index is 13.9. The minimum Gasteiger partial charge on any atom is -0.465 e. The number of benzene rings is 1. The molecule has 1 N–H and O–H groups in total. The minimum atomic E-state index is -4.79. The third-order valence-electron chi connectivity index (χ3n) is 6.17. The number of rotatable bonds is 6. The lowest BCUT2D eigenvalue weighted by Gasteiger charge is -2.10. The van der Waals surface area contributed by atoms with Crippen LogP contribution in [0.25, 0.3) is 16.2 Å². The number of hydrogen-bond acceptors (Lipinski definition) is 7. The highest BCUT2D eigenvalue weighted by molar-refractivity contribution is 7.13. The minimum absolute atomic E-state index is 0.0591. The topological polar surface area (TPSA) is 103 Å². The van der Waals surface area contributed by atoms with Crippen LogP contribution in [-0.2, 0) is 17.5 Å². The predicted octanol–water partition coefficient (Wildman–Crippen LogP) is 6.03. The van der Waals surface area contributed by atoms with Crippen molar-refractivity contribution < 1.29 is 27.5 Å². The zero-order chi connectivity index (χ0) is 28.8. The number of aryl methyl sites for hydroxylation is 1. The Morgan fingerprint density at radius 1 is 1.12 bits per heavy atom. The van der Waals surface area contributed by atoms with Gasteiger partial charge in [0.15, 0.2) is 17.0 Å². The molecule has 206 valence electrons. The van der Waals surface area contributed by atoms with Crippen LogP contribution in [-0.4, -0.2) is 43.4 Å². The highest BCUT2D eigenvalue weighted by atomic mass is 35.5. The van der Waals surface area contributed by atoms with Gasteiger partial charge < -0.3 is 10.1 Å². The van der Waals surface area contributed by atoms with Crippen molar-refractivity contribution in [3.63, 3.8) is 0 Å². The summed E-state index contributed by atoms with van der Waals surface area (Å²) in [7, 11) is 1.29. The summed E-state index contributed by atoms with van der Waals surface area (Å²) in [4.78, 5) is 30.2. The number of ether oxygens (including phenoxy) is 1. The molecule has 0 spiro atoms. The number of methoxy groups -OCH3 is 1. The van der Waals surface area contributed by atoms with Gasteiger partial charge in [-0.05, 0) is 43.0 Å². The molecular formula is C26H20ClF3N6O3S. The van der Waals surface area contributed by atoms with Crippen LogP contribution in [0.15, 0.2) is 47.8 Å². The number of amides is 1. The fourth-order valence-corrected chi connectivity index (χ4v) is 5.15. The van der Waals surface area contributed by atoms with E-state index in [9.17, 15) is 22.8 Å². The van der Waals surface area contributed by atoms with Gasteiger partial charge in [-0.25, -0.2) is 14.3 Å². The van der Waals surface area contributed by atoms with Crippen LogP contribution in [0.4, 0.5) is 18.9 Å². The molecule has 0 aliphatic carbocycles. The van der Waals surface area contributed by atoms with E-state index in [1.54, 1.807) is 60.3 Å². The van der Waals surface area contributed by atoms with Crippen molar-refractivity contribution in [2.75, 3.05) is 12.4 Å². The van der Waals surface area contributed by atoms with Gasteiger partial charge in [-0.1, -0.05) is 35.9 Å². The van der Waals surface area contributed by atoms with E-state index in [2.05, 4.69) is 20.5 Å². The third kappa shape index (κ3) is 4.93. The van der Waals surface area contributed by atoms with Crippen LogP contribution in [0, 0.1) is 13.8 Å². The number of carbonyl (C=O) groups is 2. The predicted molar refractivity (Wildman–Crippen MR) is 143 cm³/mol. The molecule has 40 heavy (non-hydrogen) atoms. The summed E-state index contributed by atoms with van der Waals surface area (Å²) in [6, 6.07) is 11.1. The maximum atomic E-state index is 13.9. The van der Waals surface area contributed by atoms with Crippen molar-refractivity contribution in [2.24, 2.45) is 0 Å². The standard InChI is InChI=1S/C26H20ClF3N6O3S/c1-13-21(14(2)35(33-13)12-15-7-4-5-8-16(15)25(38)39-3)32-24(37)22-20(27)23-31-17(18-9-6-10-40-18)11-19(26(28,29)30)36(23)34-22/h4-11H,12H2,1-3H3,(H,32,37). The second-order valence-electron chi connectivity index (χ2n) is 8.71. The monoisotopic (exact) mass is 588 g/mol. The highest BCUT2D eigenvalue weighted by Crippen LogP contribution is 2.36. The molecule has 0 saturated carbocycles. The number of hydrogen-bond donors (Lipinski definition) is 1. The van der Waals surface area contributed by atoms with E-state index in [0.29, 0.717) is 37.6 Å². The van der Waals surface area contributed by atoms with Gasteiger partial charge in [0.1, 0.15) is 5.02 Å².